The maximum absolute atomic E-state index is 12.5. The summed E-state index contributed by atoms with van der Waals surface area (Å²) in [5.74, 6) is 0.541. The van der Waals surface area contributed by atoms with Gasteiger partial charge in [-0.15, -0.1) is 0 Å². The first-order valence-corrected chi connectivity index (χ1v) is 9.30. The average Bonchev–Trinajstić information content (AvgIpc) is 2.87. The van der Waals surface area contributed by atoms with Gasteiger partial charge in [-0.25, -0.2) is 0 Å². The number of thioether (sulfide) groups is 1. The normalized spacial score (nSPS) is 16.2. The summed E-state index contributed by atoms with van der Waals surface area (Å²) in [5.41, 5.74) is 1.78. The van der Waals surface area contributed by atoms with Gasteiger partial charge in [0.1, 0.15) is 5.75 Å². The minimum atomic E-state index is -0.222. The Morgan fingerprint density at radius 1 is 1.20 bits per heavy atom. The summed E-state index contributed by atoms with van der Waals surface area (Å²) in [7, 11) is 1.61. The van der Waals surface area contributed by atoms with Gasteiger partial charge in [-0.1, -0.05) is 39.8 Å². The highest BCUT2D eigenvalue weighted by atomic mass is 79.9. The van der Waals surface area contributed by atoms with Crippen molar-refractivity contribution in [1.29, 1.82) is 0 Å². The van der Waals surface area contributed by atoms with Crippen LogP contribution < -0.4 is 4.74 Å². The zero-order valence-corrected chi connectivity index (χ0v) is 16.4. The Labute approximate surface area is 163 Å². The number of hydrogen-bond acceptors (Lipinski definition) is 5. The summed E-state index contributed by atoms with van der Waals surface area (Å²) in [6, 6.07) is 15.1. The van der Waals surface area contributed by atoms with E-state index in [0.29, 0.717) is 9.23 Å². The van der Waals surface area contributed by atoms with Crippen molar-refractivity contribution in [3.8, 4) is 5.75 Å². The van der Waals surface area contributed by atoms with Crippen LogP contribution in [-0.4, -0.2) is 28.6 Å². The third kappa shape index (κ3) is 4.36. The molecule has 0 spiro atoms. The van der Waals surface area contributed by atoms with Crippen molar-refractivity contribution in [3.63, 3.8) is 0 Å². The molecule has 2 aromatic carbocycles. The van der Waals surface area contributed by atoms with Crippen LogP contribution in [0.15, 0.2) is 63.0 Å². The molecule has 3 rings (SSSR count). The first-order valence-electron chi connectivity index (χ1n) is 7.28. The van der Waals surface area contributed by atoms with Crippen molar-refractivity contribution in [2.24, 2.45) is 5.10 Å². The van der Waals surface area contributed by atoms with Crippen LogP contribution in [0, 0.1) is 0 Å². The van der Waals surface area contributed by atoms with E-state index in [4.69, 9.17) is 17.0 Å². The highest BCUT2D eigenvalue weighted by Crippen LogP contribution is 2.33. The van der Waals surface area contributed by atoms with Gasteiger partial charge < -0.3 is 4.74 Å². The van der Waals surface area contributed by atoms with Gasteiger partial charge in [0.2, 0.25) is 0 Å². The predicted octanol–water partition coefficient (Wildman–Crippen LogP) is 4.69. The third-order valence-electron chi connectivity index (χ3n) is 3.36. The van der Waals surface area contributed by atoms with Crippen molar-refractivity contribution < 1.29 is 9.53 Å². The minimum Gasteiger partial charge on any atom is -0.497 e. The number of amides is 1. The molecule has 1 aliphatic rings. The highest BCUT2D eigenvalue weighted by molar-refractivity contribution is 9.10. The topological polar surface area (TPSA) is 41.9 Å². The molecule has 0 atom stereocenters. The molecule has 1 amide bonds. The van der Waals surface area contributed by atoms with Crippen molar-refractivity contribution >= 4 is 62.4 Å². The summed E-state index contributed by atoms with van der Waals surface area (Å²) in [5, 5.41) is 5.47. The molecule has 0 unspecified atom stereocenters. The summed E-state index contributed by atoms with van der Waals surface area (Å²) in [6.45, 7) is 0. The van der Waals surface area contributed by atoms with Crippen molar-refractivity contribution in [1.82, 2.24) is 5.01 Å². The van der Waals surface area contributed by atoms with E-state index >= 15 is 0 Å². The lowest BCUT2D eigenvalue weighted by Crippen LogP contribution is -2.22. The molecule has 0 bridgehead atoms. The van der Waals surface area contributed by atoms with E-state index in [1.54, 1.807) is 13.3 Å². The van der Waals surface area contributed by atoms with E-state index in [1.165, 1.54) is 16.8 Å². The lowest BCUT2D eigenvalue weighted by atomic mass is 10.2. The molecule has 7 heteroatoms. The largest absolute Gasteiger partial charge is 0.497 e. The van der Waals surface area contributed by atoms with Gasteiger partial charge in [0.05, 0.1) is 18.2 Å². The molecule has 0 radical (unpaired) electrons. The number of hydrogen-bond donors (Lipinski definition) is 0. The Morgan fingerprint density at radius 2 is 1.96 bits per heavy atom. The van der Waals surface area contributed by atoms with Gasteiger partial charge in [0, 0.05) is 4.47 Å². The van der Waals surface area contributed by atoms with Gasteiger partial charge in [-0.05, 0) is 65.8 Å². The van der Waals surface area contributed by atoms with Crippen molar-refractivity contribution in [2.45, 2.75) is 0 Å². The minimum absolute atomic E-state index is 0.222. The Kier molecular flexibility index (Phi) is 5.67. The first-order chi connectivity index (χ1) is 12.1. The van der Waals surface area contributed by atoms with E-state index in [2.05, 4.69) is 21.0 Å². The molecule has 1 saturated heterocycles. The van der Waals surface area contributed by atoms with Crippen LogP contribution in [0.1, 0.15) is 11.1 Å². The predicted molar refractivity (Wildman–Crippen MR) is 110 cm³/mol. The first kappa shape index (κ1) is 17.8. The highest BCUT2D eigenvalue weighted by Gasteiger charge is 2.31. The number of thiocarbonyl (C=S) groups is 1. The van der Waals surface area contributed by atoms with E-state index < -0.39 is 0 Å². The maximum Gasteiger partial charge on any atom is 0.286 e. The van der Waals surface area contributed by atoms with E-state index in [1.807, 2.05) is 54.6 Å². The van der Waals surface area contributed by atoms with Gasteiger partial charge in [0.25, 0.3) is 5.91 Å². The number of rotatable bonds is 4. The maximum atomic E-state index is 12.5. The number of benzene rings is 2. The zero-order valence-electron chi connectivity index (χ0n) is 13.2. The van der Waals surface area contributed by atoms with Crippen LogP contribution >= 0.6 is 39.9 Å². The molecule has 1 fully saturated rings. The van der Waals surface area contributed by atoms with E-state index in [0.717, 1.165) is 21.3 Å². The second-order valence-corrected chi connectivity index (χ2v) is 7.66. The van der Waals surface area contributed by atoms with Gasteiger partial charge >= 0.3 is 0 Å². The molecule has 1 heterocycles. The number of hydrazone groups is 1. The van der Waals surface area contributed by atoms with Crippen molar-refractivity contribution in [3.05, 3.63) is 69.0 Å². The van der Waals surface area contributed by atoms with Crippen LogP contribution in [0.4, 0.5) is 0 Å². The summed E-state index contributed by atoms with van der Waals surface area (Å²) < 4.78 is 6.48. The fourth-order valence-electron chi connectivity index (χ4n) is 2.12. The fraction of sp³-hybridized carbons (Fsp3) is 0.0556. The number of carbonyl (C=O) groups is 1. The second-order valence-electron chi connectivity index (χ2n) is 5.07. The molecule has 0 aromatic heterocycles. The van der Waals surface area contributed by atoms with Crippen LogP contribution in [0.5, 0.6) is 5.75 Å². The van der Waals surface area contributed by atoms with Gasteiger partial charge in [-0.2, -0.15) is 10.1 Å². The Bertz CT molecular complexity index is 879. The van der Waals surface area contributed by atoms with Crippen molar-refractivity contribution in [2.75, 3.05) is 7.11 Å². The lowest BCUT2D eigenvalue weighted by Gasteiger charge is -2.06. The molecule has 2 aromatic rings. The third-order valence-corrected chi connectivity index (χ3v) is 5.13. The number of methoxy groups -OCH3 is 1. The molecule has 0 saturated carbocycles. The molecular formula is C18H13BrN2O2S2. The SMILES string of the molecule is COc1ccc(C=NN2C(=O)C(=Cc3cccc(Br)c3)SC2=S)cc1. The Hall–Kier alpha value is -1.96. The number of carbonyl (C=O) groups excluding carboxylic acids is 1. The summed E-state index contributed by atoms with van der Waals surface area (Å²) >= 11 is 9.94. The fourth-order valence-corrected chi connectivity index (χ4v) is 3.71. The number of ether oxygens (including phenoxy) is 1. The molecule has 0 N–H and O–H groups in total. The molecule has 25 heavy (non-hydrogen) atoms. The molecule has 1 aliphatic heterocycles. The van der Waals surface area contributed by atoms with E-state index in [9.17, 15) is 4.79 Å². The molecule has 126 valence electrons. The molecule has 4 nitrogen and oxygen atoms in total. The standard InChI is InChI=1S/C18H13BrN2O2S2/c1-23-15-7-5-12(6-8-15)11-20-21-17(22)16(25-18(21)24)10-13-3-2-4-14(19)9-13/h2-11H,1H3. The van der Waals surface area contributed by atoms with Gasteiger partial charge in [0.15, 0.2) is 4.32 Å². The average molecular weight is 433 g/mol. The lowest BCUT2D eigenvalue weighted by molar-refractivity contribution is -0.122. The Morgan fingerprint density at radius 3 is 2.64 bits per heavy atom. The van der Waals surface area contributed by atoms with E-state index in [-0.39, 0.29) is 5.91 Å². The monoisotopic (exact) mass is 432 g/mol. The summed E-state index contributed by atoms with van der Waals surface area (Å²) in [4.78, 5) is 13.1. The van der Waals surface area contributed by atoms with Crippen LogP contribution in [0.25, 0.3) is 6.08 Å². The summed E-state index contributed by atoms with van der Waals surface area (Å²) in [6.07, 6.45) is 3.42. The molecule has 0 aliphatic carbocycles. The van der Waals surface area contributed by atoms with Crippen LogP contribution in [0.2, 0.25) is 0 Å². The number of nitrogens with zero attached hydrogens (tertiary/aromatic N) is 2. The smallest absolute Gasteiger partial charge is 0.286 e. The van der Waals surface area contributed by atoms with Crippen LogP contribution in [0.3, 0.4) is 0 Å². The second kappa shape index (κ2) is 7.95. The number of halogens is 1. The molecular weight excluding hydrogens is 420 g/mol. The zero-order chi connectivity index (χ0) is 17.8. The Balaban J connectivity index is 1.77. The van der Waals surface area contributed by atoms with Crippen LogP contribution in [-0.2, 0) is 4.79 Å². The quantitative estimate of drug-likeness (QED) is 0.399. The van der Waals surface area contributed by atoms with Gasteiger partial charge in [-0.3, -0.25) is 4.79 Å².